The first-order valence-corrected chi connectivity index (χ1v) is 10.9. The first-order valence-electron chi connectivity index (χ1n) is 9.96. The van der Waals surface area contributed by atoms with Crippen LogP contribution in [0.15, 0.2) is 64.6 Å². The number of phenols is 1. The number of hydrogen-bond acceptors (Lipinski definition) is 5. The third-order valence-corrected chi connectivity index (χ3v) is 6.08. The predicted molar refractivity (Wildman–Crippen MR) is 128 cm³/mol. The number of pyridine rings is 1. The Balaban J connectivity index is 1.48. The Morgan fingerprint density at radius 1 is 1.10 bits per heavy atom. The van der Waals surface area contributed by atoms with Crippen LogP contribution in [0.3, 0.4) is 0 Å². The Bertz CT molecular complexity index is 1330. The summed E-state index contributed by atoms with van der Waals surface area (Å²) in [6.07, 6.45) is 1.49. The van der Waals surface area contributed by atoms with E-state index in [0.29, 0.717) is 5.56 Å². The number of aryl methyl sites for hydroxylation is 3. The number of aromatic nitrogens is 1. The van der Waals surface area contributed by atoms with Gasteiger partial charge >= 0.3 is 0 Å². The van der Waals surface area contributed by atoms with Gasteiger partial charge in [-0.2, -0.15) is 5.10 Å². The minimum atomic E-state index is -0.215. The summed E-state index contributed by atoms with van der Waals surface area (Å²) in [6, 6.07) is 17.4. The van der Waals surface area contributed by atoms with Crippen LogP contribution >= 0.6 is 11.8 Å². The molecular formula is C25H23N3O2S. The molecule has 31 heavy (non-hydrogen) atoms. The summed E-state index contributed by atoms with van der Waals surface area (Å²) in [6.45, 7) is 6.08. The largest absolute Gasteiger partial charge is 0.507 e. The number of thioether (sulfide) groups is 1. The van der Waals surface area contributed by atoms with Gasteiger partial charge in [-0.1, -0.05) is 42.0 Å². The fourth-order valence-electron chi connectivity index (χ4n) is 3.66. The van der Waals surface area contributed by atoms with Crippen molar-refractivity contribution in [2.24, 2.45) is 5.10 Å². The van der Waals surface area contributed by atoms with Crippen LogP contribution in [0.2, 0.25) is 0 Å². The molecule has 156 valence electrons. The molecule has 2 N–H and O–H groups in total. The van der Waals surface area contributed by atoms with Gasteiger partial charge < -0.3 is 5.11 Å². The van der Waals surface area contributed by atoms with Gasteiger partial charge in [-0.3, -0.25) is 9.78 Å². The van der Waals surface area contributed by atoms with Crippen molar-refractivity contribution < 1.29 is 9.90 Å². The lowest BCUT2D eigenvalue weighted by molar-refractivity contribution is -0.118. The summed E-state index contributed by atoms with van der Waals surface area (Å²) in [5.41, 5.74) is 7.33. The number of carbonyl (C=O) groups excluding carboxylic acids is 1. The summed E-state index contributed by atoms with van der Waals surface area (Å²) in [5, 5.41) is 17.2. The first-order chi connectivity index (χ1) is 14.9. The van der Waals surface area contributed by atoms with Crippen LogP contribution in [-0.4, -0.2) is 28.0 Å². The molecule has 0 aliphatic rings. The predicted octanol–water partition coefficient (Wildman–Crippen LogP) is 5.26. The molecule has 1 heterocycles. The Labute approximate surface area is 185 Å². The van der Waals surface area contributed by atoms with Gasteiger partial charge in [0.1, 0.15) is 5.75 Å². The second-order valence-corrected chi connectivity index (χ2v) is 8.56. The number of aromatic hydroxyl groups is 1. The van der Waals surface area contributed by atoms with E-state index in [2.05, 4.69) is 41.5 Å². The Morgan fingerprint density at radius 3 is 2.74 bits per heavy atom. The molecular weight excluding hydrogens is 406 g/mol. The maximum atomic E-state index is 12.4. The fourth-order valence-corrected chi connectivity index (χ4v) is 4.57. The quantitative estimate of drug-likeness (QED) is 0.258. The smallest absolute Gasteiger partial charge is 0.250 e. The molecule has 5 nitrogen and oxygen atoms in total. The van der Waals surface area contributed by atoms with Crippen molar-refractivity contribution in [3.8, 4) is 5.75 Å². The minimum Gasteiger partial charge on any atom is -0.507 e. The van der Waals surface area contributed by atoms with E-state index in [0.717, 1.165) is 37.8 Å². The van der Waals surface area contributed by atoms with E-state index in [1.54, 1.807) is 6.07 Å². The number of nitrogens with zero attached hydrogens (tertiary/aromatic N) is 2. The van der Waals surface area contributed by atoms with Crippen molar-refractivity contribution in [1.29, 1.82) is 0 Å². The fraction of sp³-hybridized carbons (Fsp3) is 0.160. The third kappa shape index (κ3) is 4.54. The highest BCUT2D eigenvalue weighted by molar-refractivity contribution is 8.00. The van der Waals surface area contributed by atoms with E-state index >= 15 is 0 Å². The maximum absolute atomic E-state index is 12.4. The van der Waals surface area contributed by atoms with Gasteiger partial charge in [-0.05, 0) is 55.3 Å². The molecule has 0 saturated carbocycles. The van der Waals surface area contributed by atoms with Crippen molar-refractivity contribution >= 4 is 45.6 Å². The normalized spacial score (nSPS) is 11.5. The van der Waals surface area contributed by atoms with Crippen LogP contribution in [0, 0.1) is 20.8 Å². The molecule has 1 amide bonds. The molecule has 0 radical (unpaired) electrons. The highest BCUT2D eigenvalue weighted by Gasteiger charge is 2.10. The molecule has 4 rings (SSSR count). The number of hydrogen-bond donors (Lipinski definition) is 2. The zero-order valence-electron chi connectivity index (χ0n) is 17.6. The van der Waals surface area contributed by atoms with Crippen molar-refractivity contribution in [3.05, 3.63) is 77.0 Å². The van der Waals surface area contributed by atoms with Gasteiger partial charge in [0.15, 0.2) is 0 Å². The Hall–Kier alpha value is -3.38. The van der Waals surface area contributed by atoms with Gasteiger partial charge in [-0.25, -0.2) is 5.43 Å². The molecule has 0 unspecified atom stereocenters. The standard InChI is InChI=1S/C25H23N3O2S/c1-15-10-16(2)25-20(11-15)23(12-17(3)27-25)31-14-24(30)28-26-13-21-19-7-5-4-6-18(19)8-9-22(21)29/h4-13,29H,14H2,1-3H3,(H,28,30)/b26-13-. The van der Waals surface area contributed by atoms with Crippen molar-refractivity contribution in [2.45, 2.75) is 25.7 Å². The lowest BCUT2D eigenvalue weighted by Crippen LogP contribution is -2.19. The molecule has 0 atom stereocenters. The molecule has 0 spiro atoms. The average molecular weight is 430 g/mol. The van der Waals surface area contributed by atoms with Crippen LogP contribution in [-0.2, 0) is 4.79 Å². The van der Waals surface area contributed by atoms with E-state index in [4.69, 9.17) is 0 Å². The molecule has 4 aromatic rings. The van der Waals surface area contributed by atoms with Gasteiger partial charge in [0, 0.05) is 21.5 Å². The minimum absolute atomic E-state index is 0.121. The Kier molecular flexibility index (Phi) is 5.91. The molecule has 0 bridgehead atoms. The summed E-state index contributed by atoms with van der Waals surface area (Å²) in [4.78, 5) is 18.1. The van der Waals surface area contributed by atoms with E-state index in [-0.39, 0.29) is 17.4 Å². The van der Waals surface area contributed by atoms with Crippen LogP contribution in [0.25, 0.3) is 21.7 Å². The maximum Gasteiger partial charge on any atom is 0.250 e. The molecule has 0 fully saturated rings. The molecule has 0 saturated heterocycles. The SMILES string of the molecule is Cc1cc(C)c2nc(C)cc(SCC(=O)N/N=C\c3c(O)ccc4ccccc34)c2c1. The third-order valence-electron chi connectivity index (χ3n) is 5.03. The number of amides is 1. The zero-order valence-corrected chi connectivity index (χ0v) is 18.5. The van der Waals surface area contributed by atoms with Crippen molar-refractivity contribution in [1.82, 2.24) is 10.4 Å². The molecule has 6 heteroatoms. The van der Waals surface area contributed by atoms with Gasteiger partial charge in [-0.15, -0.1) is 11.8 Å². The molecule has 3 aromatic carbocycles. The monoisotopic (exact) mass is 429 g/mol. The van der Waals surface area contributed by atoms with Crippen LogP contribution < -0.4 is 5.43 Å². The molecule has 0 aliphatic carbocycles. The van der Waals surface area contributed by atoms with Gasteiger partial charge in [0.2, 0.25) is 5.91 Å². The second-order valence-electron chi connectivity index (χ2n) is 7.54. The number of phenolic OH excluding ortho intramolecular Hbond substituents is 1. The van der Waals surface area contributed by atoms with Crippen LogP contribution in [0.5, 0.6) is 5.75 Å². The lowest BCUT2D eigenvalue weighted by atomic mass is 10.0. The van der Waals surface area contributed by atoms with E-state index in [1.807, 2.05) is 43.3 Å². The summed E-state index contributed by atoms with van der Waals surface area (Å²) in [5.74, 6) is 0.133. The van der Waals surface area contributed by atoms with E-state index in [9.17, 15) is 9.90 Å². The van der Waals surface area contributed by atoms with Crippen LogP contribution in [0.4, 0.5) is 0 Å². The second kappa shape index (κ2) is 8.78. The number of nitrogens with one attached hydrogen (secondary N) is 1. The number of hydrazone groups is 1. The highest BCUT2D eigenvalue weighted by Crippen LogP contribution is 2.30. The molecule has 1 aromatic heterocycles. The zero-order chi connectivity index (χ0) is 22.0. The van der Waals surface area contributed by atoms with Crippen molar-refractivity contribution in [3.63, 3.8) is 0 Å². The number of carbonyl (C=O) groups is 1. The molecule has 0 aliphatic heterocycles. The van der Waals surface area contributed by atoms with Gasteiger partial charge in [0.05, 0.1) is 17.5 Å². The number of fused-ring (bicyclic) bond motifs is 2. The van der Waals surface area contributed by atoms with E-state index in [1.165, 1.54) is 23.5 Å². The summed E-state index contributed by atoms with van der Waals surface area (Å²) in [7, 11) is 0. The van der Waals surface area contributed by atoms with Gasteiger partial charge in [0.25, 0.3) is 0 Å². The average Bonchev–Trinajstić information content (AvgIpc) is 2.74. The Morgan fingerprint density at radius 2 is 1.90 bits per heavy atom. The summed E-state index contributed by atoms with van der Waals surface area (Å²) >= 11 is 1.47. The lowest BCUT2D eigenvalue weighted by Gasteiger charge is -2.10. The summed E-state index contributed by atoms with van der Waals surface area (Å²) < 4.78 is 0. The number of benzene rings is 3. The topological polar surface area (TPSA) is 74.6 Å². The number of rotatable bonds is 5. The first kappa shape index (κ1) is 20.9. The highest BCUT2D eigenvalue weighted by atomic mass is 32.2. The van der Waals surface area contributed by atoms with Crippen molar-refractivity contribution in [2.75, 3.05) is 5.75 Å². The van der Waals surface area contributed by atoms with Crippen LogP contribution in [0.1, 0.15) is 22.4 Å². The van der Waals surface area contributed by atoms with E-state index < -0.39 is 0 Å².